The lowest BCUT2D eigenvalue weighted by atomic mass is 10.0. The SMILES string of the molecule is CC(NC(=O)C(CCCN=C(N)N)NC(=O)C(CCCCN)NC(=O)C(N)Cc1cnc[nH]1)C(=O)O. The molecule has 0 saturated heterocycles. The van der Waals surface area contributed by atoms with Crippen LogP contribution in [0.4, 0.5) is 0 Å². The third kappa shape index (κ3) is 11.6. The van der Waals surface area contributed by atoms with E-state index in [1.165, 1.54) is 13.3 Å². The van der Waals surface area contributed by atoms with Crippen LogP contribution in [0.5, 0.6) is 0 Å². The van der Waals surface area contributed by atoms with Crippen molar-refractivity contribution in [3.63, 3.8) is 0 Å². The number of carboxylic acids is 1. The van der Waals surface area contributed by atoms with Gasteiger partial charge in [0, 0.05) is 24.9 Å². The van der Waals surface area contributed by atoms with Crippen molar-refractivity contribution in [3.8, 4) is 0 Å². The number of nitrogens with two attached hydrogens (primary N) is 4. The van der Waals surface area contributed by atoms with Gasteiger partial charge in [0.1, 0.15) is 18.1 Å². The van der Waals surface area contributed by atoms with Crippen molar-refractivity contribution in [2.75, 3.05) is 13.1 Å². The predicted molar refractivity (Wildman–Crippen MR) is 132 cm³/mol. The molecule has 202 valence electrons. The summed E-state index contributed by atoms with van der Waals surface area (Å²) in [6.45, 7) is 1.91. The average molecular weight is 511 g/mol. The van der Waals surface area contributed by atoms with Gasteiger partial charge in [0.2, 0.25) is 17.7 Å². The number of imidazole rings is 1. The third-order valence-corrected chi connectivity index (χ3v) is 5.22. The van der Waals surface area contributed by atoms with Gasteiger partial charge in [-0.2, -0.15) is 0 Å². The van der Waals surface area contributed by atoms with E-state index >= 15 is 0 Å². The Labute approximate surface area is 209 Å². The quantitative estimate of drug-likeness (QED) is 0.0582. The summed E-state index contributed by atoms with van der Waals surface area (Å²) < 4.78 is 0. The maximum Gasteiger partial charge on any atom is 0.325 e. The average Bonchev–Trinajstić information content (AvgIpc) is 3.32. The van der Waals surface area contributed by atoms with Crippen LogP contribution in [-0.2, 0) is 25.6 Å². The molecular formula is C21H38N10O5. The second-order valence-electron chi connectivity index (χ2n) is 8.31. The Hall–Kier alpha value is -3.72. The van der Waals surface area contributed by atoms with Crippen LogP contribution in [0, 0.1) is 0 Å². The Kier molecular flexibility index (Phi) is 13.5. The van der Waals surface area contributed by atoms with E-state index < -0.39 is 47.9 Å². The minimum atomic E-state index is -1.23. The number of nitrogens with zero attached hydrogens (tertiary/aromatic N) is 2. The Morgan fingerprint density at radius 1 is 1.03 bits per heavy atom. The monoisotopic (exact) mass is 510 g/mol. The van der Waals surface area contributed by atoms with Gasteiger partial charge in [-0.25, -0.2) is 4.98 Å². The molecule has 0 saturated carbocycles. The van der Waals surface area contributed by atoms with Crippen molar-refractivity contribution in [2.24, 2.45) is 27.9 Å². The largest absolute Gasteiger partial charge is 0.480 e. The molecule has 0 aliphatic heterocycles. The summed E-state index contributed by atoms with van der Waals surface area (Å²) in [5.41, 5.74) is 22.8. The number of aliphatic imine (C=N–C) groups is 1. The molecule has 0 spiro atoms. The molecule has 4 unspecified atom stereocenters. The molecule has 0 aliphatic rings. The molecule has 3 amide bonds. The number of unbranched alkanes of at least 4 members (excludes halogenated alkanes) is 1. The number of carbonyl (C=O) groups excluding carboxylic acids is 3. The van der Waals surface area contributed by atoms with Crippen LogP contribution in [-0.4, -0.2) is 82.0 Å². The molecule has 0 fully saturated rings. The van der Waals surface area contributed by atoms with Crippen molar-refractivity contribution >= 4 is 29.7 Å². The second kappa shape index (κ2) is 16.0. The highest BCUT2D eigenvalue weighted by Crippen LogP contribution is 2.06. The van der Waals surface area contributed by atoms with Crippen LogP contribution in [0.1, 0.15) is 44.7 Å². The van der Waals surface area contributed by atoms with Crippen LogP contribution in [0.2, 0.25) is 0 Å². The van der Waals surface area contributed by atoms with Gasteiger partial charge in [-0.3, -0.25) is 24.2 Å². The summed E-state index contributed by atoms with van der Waals surface area (Å²) in [6, 6.07) is -4.18. The minimum absolute atomic E-state index is 0.117. The van der Waals surface area contributed by atoms with Crippen LogP contribution in [0.25, 0.3) is 0 Å². The van der Waals surface area contributed by atoms with Crippen molar-refractivity contribution in [1.82, 2.24) is 25.9 Å². The zero-order chi connectivity index (χ0) is 27.1. The molecule has 4 atom stereocenters. The summed E-state index contributed by atoms with van der Waals surface area (Å²) in [4.78, 5) is 60.2. The summed E-state index contributed by atoms with van der Waals surface area (Å²) in [5, 5.41) is 16.7. The number of guanidine groups is 1. The van der Waals surface area contributed by atoms with Crippen LogP contribution in [0.3, 0.4) is 0 Å². The van der Waals surface area contributed by atoms with Gasteiger partial charge in [-0.05, 0) is 45.6 Å². The molecule has 0 aromatic carbocycles. The topological polar surface area (TPSA) is 270 Å². The molecule has 36 heavy (non-hydrogen) atoms. The fourth-order valence-corrected chi connectivity index (χ4v) is 3.19. The number of aliphatic carboxylic acids is 1. The smallest absolute Gasteiger partial charge is 0.325 e. The first kappa shape index (κ1) is 30.3. The highest BCUT2D eigenvalue weighted by molar-refractivity contribution is 5.94. The molecule has 1 heterocycles. The Bertz CT molecular complexity index is 872. The third-order valence-electron chi connectivity index (χ3n) is 5.22. The molecule has 13 N–H and O–H groups in total. The number of amides is 3. The van der Waals surface area contributed by atoms with E-state index in [4.69, 9.17) is 28.0 Å². The number of carboxylic acid groups (broad SMARTS) is 1. The number of nitrogens with one attached hydrogen (secondary N) is 4. The lowest BCUT2D eigenvalue weighted by Crippen LogP contribution is -2.57. The van der Waals surface area contributed by atoms with Gasteiger partial charge >= 0.3 is 5.97 Å². The molecule has 15 nitrogen and oxygen atoms in total. The molecule has 1 aromatic heterocycles. The zero-order valence-corrected chi connectivity index (χ0v) is 20.4. The first-order chi connectivity index (χ1) is 17.0. The zero-order valence-electron chi connectivity index (χ0n) is 20.4. The highest BCUT2D eigenvalue weighted by atomic mass is 16.4. The number of hydrogen-bond acceptors (Lipinski definition) is 8. The molecule has 1 rings (SSSR count). The fourth-order valence-electron chi connectivity index (χ4n) is 3.19. The predicted octanol–water partition coefficient (Wildman–Crippen LogP) is -2.98. The van der Waals surface area contributed by atoms with Gasteiger partial charge in [0.05, 0.1) is 12.4 Å². The summed E-state index contributed by atoms with van der Waals surface area (Å²) in [5.74, 6) is -3.20. The Balaban J connectivity index is 2.92. The minimum Gasteiger partial charge on any atom is -0.480 e. The van der Waals surface area contributed by atoms with Gasteiger partial charge in [0.25, 0.3) is 0 Å². The fraction of sp³-hybridized carbons (Fsp3) is 0.619. The van der Waals surface area contributed by atoms with Crippen molar-refractivity contribution < 1.29 is 24.3 Å². The lowest BCUT2D eigenvalue weighted by molar-refractivity contribution is -0.141. The number of H-pyrrole nitrogens is 1. The van der Waals surface area contributed by atoms with Crippen LogP contribution in [0.15, 0.2) is 17.5 Å². The van der Waals surface area contributed by atoms with Gasteiger partial charge < -0.3 is 49.0 Å². The molecule has 0 aliphatic carbocycles. The van der Waals surface area contributed by atoms with Gasteiger partial charge in [0.15, 0.2) is 5.96 Å². The molecule has 0 radical (unpaired) electrons. The van der Waals surface area contributed by atoms with Gasteiger partial charge in [-0.1, -0.05) is 0 Å². The van der Waals surface area contributed by atoms with Crippen LogP contribution < -0.4 is 38.9 Å². The number of aromatic nitrogens is 2. The summed E-state index contributed by atoms with van der Waals surface area (Å²) in [7, 11) is 0. The molecule has 0 bridgehead atoms. The Morgan fingerprint density at radius 3 is 2.19 bits per heavy atom. The van der Waals surface area contributed by atoms with E-state index in [9.17, 15) is 19.2 Å². The standard InChI is InChI=1S/C21H38N10O5/c1-12(20(35)36)29-18(33)16(6-4-8-27-21(24)25)31-19(34)15(5-2-3-7-22)30-17(32)14(23)9-13-10-26-11-28-13/h10-12,14-16H,2-9,22-23H2,1H3,(H,26,28)(H,29,33)(H,30,32)(H,31,34)(H,35,36)(H4,24,25,27). The number of rotatable bonds is 17. The number of aromatic amines is 1. The van der Waals surface area contributed by atoms with Gasteiger partial charge in [-0.15, -0.1) is 0 Å². The van der Waals surface area contributed by atoms with E-state index in [0.29, 0.717) is 31.5 Å². The van der Waals surface area contributed by atoms with E-state index in [0.717, 1.165) is 0 Å². The first-order valence-corrected chi connectivity index (χ1v) is 11.7. The molecular weight excluding hydrogens is 472 g/mol. The highest BCUT2D eigenvalue weighted by Gasteiger charge is 2.29. The van der Waals surface area contributed by atoms with E-state index in [1.807, 2.05) is 0 Å². The number of hydrogen-bond donors (Lipinski definition) is 9. The number of carbonyl (C=O) groups is 4. The van der Waals surface area contributed by atoms with E-state index in [1.54, 1.807) is 6.20 Å². The van der Waals surface area contributed by atoms with Crippen molar-refractivity contribution in [2.45, 2.75) is 69.6 Å². The lowest BCUT2D eigenvalue weighted by Gasteiger charge is -2.24. The maximum atomic E-state index is 13.1. The first-order valence-electron chi connectivity index (χ1n) is 11.7. The normalized spacial score (nSPS) is 14.1. The van der Waals surface area contributed by atoms with Crippen molar-refractivity contribution in [1.29, 1.82) is 0 Å². The van der Waals surface area contributed by atoms with E-state index in [2.05, 4.69) is 30.9 Å². The molecule has 1 aromatic rings. The summed E-state index contributed by atoms with van der Waals surface area (Å²) in [6.07, 6.45) is 5.08. The van der Waals surface area contributed by atoms with Crippen LogP contribution >= 0.6 is 0 Å². The maximum absolute atomic E-state index is 13.1. The van der Waals surface area contributed by atoms with E-state index in [-0.39, 0.29) is 31.8 Å². The summed E-state index contributed by atoms with van der Waals surface area (Å²) >= 11 is 0. The second-order valence-corrected chi connectivity index (χ2v) is 8.31. The van der Waals surface area contributed by atoms with Crippen molar-refractivity contribution in [3.05, 3.63) is 18.2 Å². The molecule has 15 heteroatoms. The Morgan fingerprint density at radius 2 is 1.64 bits per heavy atom.